The van der Waals surface area contributed by atoms with Crippen molar-refractivity contribution in [3.8, 4) is 5.75 Å². The fraction of sp³-hybridized carbons (Fsp3) is 0.696. The molecule has 1 saturated carbocycles. The number of benzene rings is 1. The van der Waals surface area contributed by atoms with Gasteiger partial charge in [0, 0.05) is 42.7 Å². The Morgan fingerprint density at radius 1 is 1.32 bits per heavy atom. The SMILES string of the molecule is CSc1cc2c(cc1OCCC(=O)O)SC(F)C(CCC(C)(F)F)CN2C1CCC(F)(F)CC1. The molecular weight excluding hydrogens is 497 g/mol. The zero-order chi connectivity index (χ0) is 25.1. The second-order valence-corrected chi connectivity index (χ2v) is 11.0. The summed E-state index contributed by atoms with van der Waals surface area (Å²) in [5.74, 6) is -6.92. The van der Waals surface area contributed by atoms with Crippen LogP contribution in [0, 0.1) is 5.92 Å². The molecule has 4 nitrogen and oxygen atoms in total. The van der Waals surface area contributed by atoms with Crippen LogP contribution in [0.4, 0.5) is 27.6 Å². The Morgan fingerprint density at radius 3 is 2.59 bits per heavy atom. The van der Waals surface area contributed by atoms with Crippen molar-refractivity contribution in [2.24, 2.45) is 5.92 Å². The van der Waals surface area contributed by atoms with E-state index in [0.29, 0.717) is 21.2 Å². The number of carboxylic acid groups (broad SMARTS) is 1. The first kappa shape index (κ1) is 27.2. The molecule has 2 atom stereocenters. The van der Waals surface area contributed by atoms with Gasteiger partial charge in [-0.3, -0.25) is 4.79 Å². The highest BCUT2D eigenvalue weighted by molar-refractivity contribution is 8.00. The van der Waals surface area contributed by atoms with Crippen molar-refractivity contribution in [1.82, 2.24) is 0 Å². The summed E-state index contributed by atoms with van der Waals surface area (Å²) in [6.07, 6.45) is 1.09. The van der Waals surface area contributed by atoms with Gasteiger partial charge in [0.1, 0.15) is 5.75 Å². The molecule has 0 spiro atoms. The third kappa shape index (κ3) is 7.32. The average molecular weight is 528 g/mol. The lowest BCUT2D eigenvalue weighted by Crippen LogP contribution is -2.44. The number of carboxylic acids is 1. The van der Waals surface area contributed by atoms with E-state index in [1.54, 1.807) is 6.07 Å². The Bertz CT molecular complexity index is 858. The van der Waals surface area contributed by atoms with Gasteiger partial charge in [-0.1, -0.05) is 11.8 Å². The summed E-state index contributed by atoms with van der Waals surface area (Å²) < 4.78 is 75.8. The Hall–Kier alpha value is -1.36. The molecule has 1 aromatic rings. The minimum atomic E-state index is -2.92. The highest BCUT2D eigenvalue weighted by Gasteiger charge is 2.41. The lowest BCUT2D eigenvalue weighted by molar-refractivity contribution is -0.137. The summed E-state index contributed by atoms with van der Waals surface area (Å²) >= 11 is 2.30. The molecule has 1 heterocycles. The summed E-state index contributed by atoms with van der Waals surface area (Å²) in [4.78, 5) is 14.0. The molecule has 34 heavy (non-hydrogen) atoms. The van der Waals surface area contributed by atoms with Crippen LogP contribution in [-0.2, 0) is 4.79 Å². The first-order valence-corrected chi connectivity index (χ1v) is 13.4. The average Bonchev–Trinajstić information content (AvgIpc) is 2.86. The van der Waals surface area contributed by atoms with Crippen LogP contribution >= 0.6 is 23.5 Å². The largest absolute Gasteiger partial charge is 0.492 e. The molecule has 192 valence electrons. The highest BCUT2D eigenvalue weighted by Crippen LogP contribution is 2.48. The summed E-state index contributed by atoms with van der Waals surface area (Å²) in [6, 6.07) is 3.23. The Kier molecular flexibility index (Phi) is 8.92. The standard InChI is InChI=1S/C23H30F5NO3S2/c1-22(25,26)7-3-14-13-29(15-4-8-23(27,28)9-5-15)16-11-19(33-2)17(32-10-6-20(30)31)12-18(16)34-21(14)24/h11-12,14-15,21H,3-10,13H2,1-2H3,(H,30,31). The molecule has 0 saturated heterocycles. The summed E-state index contributed by atoms with van der Waals surface area (Å²) in [6.45, 7) is 0.923. The molecule has 3 rings (SSSR count). The van der Waals surface area contributed by atoms with E-state index in [0.717, 1.165) is 18.7 Å². The van der Waals surface area contributed by atoms with E-state index >= 15 is 4.39 Å². The van der Waals surface area contributed by atoms with Crippen LogP contribution in [0.25, 0.3) is 0 Å². The molecular formula is C23H30F5NO3S2. The predicted octanol–water partition coefficient (Wildman–Crippen LogP) is 7.10. The lowest BCUT2D eigenvalue weighted by atomic mass is 9.89. The van der Waals surface area contributed by atoms with Crippen LogP contribution in [-0.4, -0.2) is 53.9 Å². The van der Waals surface area contributed by atoms with Gasteiger partial charge in [-0.15, -0.1) is 11.8 Å². The molecule has 1 aliphatic heterocycles. The number of alkyl halides is 5. The predicted molar refractivity (Wildman–Crippen MR) is 125 cm³/mol. The van der Waals surface area contributed by atoms with Crippen LogP contribution in [0.3, 0.4) is 0 Å². The number of anilines is 1. The Balaban J connectivity index is 1.94. The maximum Gasteiger partial charge on any atom is 0.306 e. The van der Waals surface area contributed by atoms with Crippen molar-refractivity contribution >= 4 is 35.2 Å². The van der Waals surface area contributed by atoms with Gasteiger partial charge in [0.25, 0.3) is 0 Å². The topological polar surface area (TPSA) is 49.8 Å². The van der Waals surface area contributed by atoms with E-state index in [1.165, 1.54) is 11.8 Å². The van der Waals surface area contributed by atoms with Gasteiger partial charge >= 0.3 is 5.97 Å². The molecule has 11 heteroatoms. The van der Waals surface area contributed by atoms with Crippen LogP contribution in [0.1, 0.15) is 51.9 Å². The molecule has 0 aromatic heterocycles. The van der Waals surface area contributed by atoms with Crippen LogP contribution in [0.15, 0.2) is 21.9 Å². The Morgan fingerprint density at radius 2 is 2.00 bits per heavy atom. The second-order valence-electron chi connectivity index (χ2n) is 9.04. The minimum Gasteiger partial charge on any atom is -0.492 e. The number of rotatable bonds is 9. The summed E-state index contributed by atoms with van der Waals surface area (Å²) in [7, 11) is 0. The van der Waals surface area contributed by atoms with Crippen molar-refractivity contribution in [1.29, 1.82) is 0 Å². The third-order valence-corrected chi connectivity index (χ3v) is 8.20. The normalized spacial score (nSPS) is 23.3. The number of fused-ring (bicyclic) bond motifs is 1. The first-order chi connectivity index (χ1) is 15.9. The van der Waals surface area contributed by atoms with Crippen molar-refractivity contribution < 1.29 is 36.6 Å². The molecule has 2 aliphatic rings. The maximum absolute atomic E-state index is 15.3. The maximum atomic E-state index is 15.3. The van der Waals surface area contributed by atoms with Crippen molar-refractivity contribution in [2.75, 3.05) is 24.3 Å². The number of halogens is 5. The molecule has 0 amide bonds. The number of thioether (sulfide) groups is 2. The van der Waals surface area contributed by atoms with E-state index < -0.39 is 35.7 Å². The van der Waals surface area contributed by atoms with Crippen molar-refractivity contribution in [3.63, 3.8) is 0 Å². The van der Waals surface area contributed by atoms with Crippen LogP contribution in [0.5, 0.6) is 5.75 Å². The minimum absolute atomic E-state index is 0.0254. The van der Waals surface area contributed by atoms with Gasteiger partial charge in [0.15, 0.2) is 5.50 Å². The molecule has 1 aromatic carbocycles. The zero-order valence-corrected chi connectivity index (χ0v) is 20.8. The molecule has 2 unspecified atom stereocenters. The Labute approximate surface area is 205 Å². The lowest BCUT2D eigenvalue weighted by Gasteiger charge is -2.40. The van der Waals surface area contributed by atoms with E-state index in [2.05, 4.69) is 0 Å². The van der Waals surface area contributed by atoms with Gasteiger partial charge in [-0.25, -0.2) is 22.0 Å². The monoisotopic (exact) mass is 527 g/mol. The van der Waals surface area contributed by atoms with Gasteiger partial charge in [-0.2, -0.15) is 0 Å². The van der Waals surface area contributed by atoms with Gasteiger partial charge in [-0.05, 0) is 44.6 Å². The van der Waals surface area contributed by atoms with Gasteiger partial charge in [0.05, 0.1) is 23.6 Å². The molecule has 1 fully saturated rings. The molecule has 0 bridgehead atoms. The number of aliphatic carboxylic acids is 1. The van der Waals surface area contributed by atoms with E-state index in [4.69, 9.17) is 9.84 Å². The fourth-order valence-corrected chi connectivity index (χ4v) is 6.04. The van der Waals surface area contributed by atoms with E-state index in [1.807, 2.05) is 17.2 Å². The smallest absolute Gasteiger partial charge is 0.306 e. The highest BCUT2D eigenvalue weighted by atomic mass is 32.2. The van der Waals surface area contributed by atoms with Gasteiger partial charge in [0.2, 0.25) is 11.8 Å². The fourth-order valence-electron chi connectivity index (χ4n) is 4.36. The van der Waals surface area contributed by atoms with E-state index in [9.17, 15) is 22.4 Å². The van der Waals surface area contributed by atoms with Crippen molar-refractivity contribution in [2.45, 2.75) is 85.1 Å². The summed E-state index contributed by atoms with van der Waals surface area (Å²) in [5, 5.41) is 8.88. The van der Waals surface area contributed by atoms with Crippen LogP contribution < -0.4 is 9.64 Å². The quantitative estimate of drug-likeness (QED) is 0.273. The number of carbonyl (C=O) groups is 1. The van der Waals surface area contributed by atoms with Crippen LogP contribution in [0.2, 0.25) is 0 Å². The zero-order valence-electron chi connectivity index (χ0n) is 19.2. The molecule has 0 radical (unpaired) electrons. The second kappa shape index (κ2) is 11.1. The molecule has 1 aliphatic carbocycles. The van der Waals surface area contributed by atoms with Gasteiger partial charge < -0.3 is 14.7 Å². The number of hydrogen-bond donors (Lipinski definition) is 1. The van der Waals surface area contributed by atoms with Crippen molar-refractivity contribution in [3.05, 3.63) is 12.1 Å². The number of nitrogens with zero attached hydrogens (tertiary/aromatic N) is 1. The number of ether oxygens (including phenoxy) is 1. The first-order valence-electron chi connectivity index (χ1n) is 11.3. The molecule has 1 N–H and O–H groups in total. The van der Waals surface area contributed by atoms with E-state index in [-0.39, 0.29) is 57.7 Å². The third-order valence-electron chi connectivity index (χ3n) is 6.25. The summed E-state index contributed by atoms with van der Waals surface area (Å²) in [5.41, 5.74) is -0.772. The number of hydrogen-bond acceptors (Lipinski definition) is 5.